The van der Waals surface area contributed by atoms with Crippen molar-refractivity contribution in [1.29, 1.82) is 0 Å². The van der Waals surface area contributed by atoms with Crippen molar-refractivity contribution in [3.05, 3.63) is 41.7 Å². The summed E-state index contributed by atoms with van der Waals surface area (Å²) in [6.45, 7) is 1.87. The molecule has 0 saturated carbocycles. The summed E-state index contributed by atoms with van der Waals surface area (Å²) >= 11 is 0. The van der Waals surface area contributed by atoms with Crippen LogP contribution in [0.25, 0.3) is 0 Å². The van der Waals surface area contributed by atoms with Gasteiger partial charge in [-0.1, -0.05) is 6.92 Å². The molecule has 2 amide bonds. The number of nitrogens with zero attached hydrogens (tertiary/aromatic N) is 4. The van der Waals surface area contributed by atoms with Crippen LogP contribution < -0.4 is 15.1 Å². The maximum absolute atomic E-state index is 13.3. The van der Waals surface area contributed by atoms with Crippen molar-refractivity contribution in [2.75, 3.05) is 34.8 Å². The molecule has 0 spiro atoms. The Bertz CT molecular complexity index is 1130. The molecule has 2 aliphatic heterocycles. The monoisotopic (exact) mass is 507 g/mol. The van der Waals surface area contributed by atoms with Gasteiger partial charge in [0.25, 0.3) is 0 Å². The number of fused-ring (bicyclic) bond motifs is 4. The molecule has 3 atom stereocenters. The van der Waals surface area contributed by atoms with Crippen LogP contribution in [0.15, 0.2) is 30.5 Å². The quantitative estimate of drug-likeness (QED) is 0.470. The van der Waals surface area contributed by atoms with E-state index in [0.717, 1.165) is 12.5 Å². The van der Waals surface area contributed by atoms with Crippen molar-refractivity contribution in [2.24, 2.45) is 5.92 Å². The highest BCUT2D eigenvalue weighted by Gasteiger charge is 2.41. The number of hydrogen-bond donors (Lipinski definition) is 3. The number of aryl methyl sites for hydroxylation is 1. The first kappa shape index (κ1) is 25.8. The maximum Gasteiger partial charge on any atom is 0.391 e. The molecule has 1 saturated heterocycles. The summed E-state index contributed by atoms with van der Waals surface area (Å²) < 4.78 is 38.8. The predicted molar refractivity (Wildman–Crippen MR) is 126 cm³/mol. The Hall–Kier alpha value is -3.25. The summed E-state index contributed by atoms with van der Waals surface area (Å²) in [4.78, 5) is 37.9. The highest BCUT2D eigenvalue weighted by molar-refractivity contribution is 6.05. The normalized spacial score (nSPS) is 18.6. The number of alkyl halides is 3. The van der Waals surface area contributed by atoms with Gasteiger partial charge in [-0.2, -0.15) is 13.2 Å². The molecule has 1 unspecified atom stereocenters. The number of pyridine rings is 2. The summed E-state index contributed by atoms with van der Waals surface area (Å²) in [6.07, 6.45) is -3.04. The van der Waals surface area contributed by atoms with E-state index in [2.05, 4.69) is 15.3 Å². The minimum Gasteiger partial charge on any atom is -0.394 e. The molecule has 1 fully saturated rings. The van der Waals surface area contributed by atoms with Gasteiger partial charge in [0.05, 0.1) is 30.4 Å². The lowest BCUT2D eigenvalue weighted by molar-refractivity contribution is -0.168. The van der Waals surface area contributed by atoms with Gasteiger partial charge in [0, 0.05) is 25.7 Å². The van der Waals surface area contributed by atoms with Crippen molar-refractivity contribution in [3.8, 4) is 0 Å². The van der Waals surface area contributed by atoms with Crippen LogP contribution >= 0.6 is 0 Å². The van der Waals surface area contributed by atoms with Gasteiger partial charge < -0.3 is 15.1 Å². The van der Waals surface area contributed by atoms with E-state index in [4.69, 9.17) is 5.11 Å². The number of carbonyl (C=O) groups excluding carboxylic acids is 2. The largest absolute Gasteiger partial charge is 0.394 e. The number of nitrogens with one attached hydrogen (secondary N) is 1. The molecule has 194 valence electrons. The first-order valence-corrected chi connectivity index (χ1v) is 11.8. The standard InChI is InChI=1S/C24H28F3N5O4/c1-14(24(25,26)27)10-20(35)18-4-5-19-22(29-18)32(16-7-9-31(19)12-16)23(36)30-21-11-15(6-8-28-21)2-3-17(34)13-33/h4-6,8,11,14,16-17,33-34H,2-3,7,9-10,12-13H2,1H3,(H,28,30,36)/t14-,16-,17?/m0/s1. The van der Waals surface area contributed by atoms with Gasteiger partial charge in [0.1, 0.15) is 11.5 Å². The molecule has 2 aromatic rings. The third-order valence-corrected chi connectivity index (χ3v) is 6.54. The predicted octanol–water partition coefficient (Wildman–Crippen LogP) is 3.16. The molecular weight excluding hydrogens is 479 g/mol. The second-order valence-corrected chi connectivity index (χ2v) is 9.22. The summed E-state index contributed by atoms with van der Waals surface area (Å²) in [6, 6.07) is 5.72. The number of anilines is 3. The molecule has 2 aromatic heterocycles. The molecule has 2 aliphatic rings. The van der Waals surface area contributed by atoms with Gasteiger partial charge in [-0.25, -0.2) is 14.8 Å². The van der Waals surface area contributed by atoms with Gasteiger partial charge in [-0.3, -0.25) is 15.0 Å². The van der Waals surface area contributed by atoms with E-state index < -0.39 is 36.4 Å². The summed E-state index contributed by atoms with van der Waals surface area (Å²) in [7, 11) is 0. The van der Waals surface area contributed by atoms with Crippen LogP contribution in [0.1, 0.15) is 42.2 Å². The summed E-state index contributed by atoms with van der Waals surface area (Å²) in [5.41, 5.74) is 1.33. The topological polar surface area (TPSA) is 119 Å². The number of carbonyl (C=O) groups is 2. The van der Waals surface area contributed by atoms with Crippen LogP contribution in [-0.4, -0.2) is 70.0 Å². The summed E-state index contributed by atoms with van der Waals surface area (Å²) in [5, 5.41) is 21.3. The second-order valence-electron chi connectivity index (χ2n) is 9.22. The number of urea groups is 1. The minimum absolute atomic E-state index is 0.118. The first-order chi connectivity index (χ1) is 17.1. The Morgan fingerprint density at radius 3 is 2.78 bits per heavy atom. The molecule has 0 aliphatic carbocycles. The second kappa shape index (κ2) is 10.4. The van der Waals surface area contributed by atoms with Gasteiger partial charge in [-0.15, -0.1) is 0 Å². The SMILES string of the molecule is C[C@@H](CC(=O)c1ccc2c(n1)N(C(=O)Nc1cc(CCC(O)CO)ccn1)[C@H]1CCN2C1)C(F)(F)F. The Labute approximate surface area is 206 Å². The molecule has 12 heteroatoms. The maximum atomic E-state index is 13.3. The van der Waals surface area contributed by atoms with Gasteiger partial charge in [0.15, 0.2) is 11.6 Å². The van der Waals surface area contributed by atoms with E-state index in [9.17, 15) is 27.9 Å². The smallest absolute Gasteiger partial charge is 0.391 e. The lowest BCUT2D eigenvalue weighted by atomic mass is 10.0. The van der Waals surface area contributed by atoms with E-state index in [-0.39, 0.29) is 30.0 Å². The Kier molecular flexibility index (Phi) is 7.46. The molecule has 4 heterocycles. The average Bonchev–Trinajstić information content (AvgIpc) is 3.25. The Morgan fingerprint density at radius 2 is 2.06 bits per heavy atom. The van der Waals surface area contributed by atoms with Gasteiger partial charge in [0.2, 0.25) is 0 Å². The van der Waals surface area contributed by atoms with E-state index in [0.29, 0.717) is 38.0 Å². The minimum atomic E-state index is -4.49. The van der Waals surface area contributed by atoms with Crippen LogP contribution in [0.3, 0.4) is 0 Å². The van der Waals surface area contributed by atoms with Gasteiger partial charge in [-0.05, 0) is 49.1 Å². The van der Waals surface area contributed by atoms with E-state index >= 15 is 0 Å². The van der Waals surface area contributed by atoms with Crippen molar-refractivity contribution in [1.82, 2.24) is 9.97 Å². The fraction of sp³-hybridized carbons (Fsp3) is 0.500. The number of aliphatic hydroxyl groups excluding tert-OH is 2. The molecule has 2 bridgehead atoms. The van der Waals surface area contributed by atoms with Crippen molar-refractivity contribution in [3.63, 3.8) is 0 Å². The number of aliphatic hydroxyl groups is 2. The molecule has 0 radical (unpaired) electrons. The van der Waals surface area contributed by atoms with Crippen molar-refractivity contribution >= 4 is 29.1 Å². The van der Waals surface area contributed by atoms with Crippen LogP contribution in [0.5, 0.6) is 0 Å². The molecule has 36 heavy (non-hydrogen) atoms. The number of halogens is 3. The highest BCUT2D eigenvalue weighted by atomic mass is 19.4. The van der Waals surface area contributed by atoms with Crippen LogP contribution in [0.2, 0.25) is 0 Å². The van der Waals surface area contributed by atoms with E-state index in [1.165, 1.54) is 17.2 Å². The zero-order valence-electron chi connectivity index (χ0n) is 19.7. The first-order valence-electron chi connectivity index (χ1n) is 11.8. The third kappa shape index (κ3) is 5.59. The number of ketones is 1. The lowest BCUT2D eigenvalue weighted by Crippen LogP contribution is -2.48. The number of rotatable bonds is 8. The zero-order valence-corrected chi connectivity index (χ0v) is 19.7. The molecular formula is C24H28F3N5O4. The molecule has 4 rings (SSSR count). The molecule has 0 aromatic carbocycles. The number of hydrogen-bond acceptors (Lipinski definition) is 7. The third-order valence-electron chi connectivity index (χ3n) is 6.54. The number of amides is 2. The molecule has 3 N–H and O–H groups in total. The zero-order chi connectivity index (χ0) is 26.0. The molecule has 9 nitrogen and oxygen atoms in total. The number of Topliss-reactive ketones (excluding diaryl/α,β-unsaturated/α-hetero) is 1. The van der Waals surface area contributed by atoms with Crippen molar-refractivity contribution in [2.45, 2.75) is 50.9 Å². The van der Waals surface area contributed by atoms with E-state index in [1.54, 1.807) is 18.2 Å². The lowest BCUT2D eigenvalue weighted by Gasteiger charge is -2.35. The van der Waals surface area contributed by atoms with Crippen LogP contribution in [0.4, 0.5) is 35.3 Å². The van der Waals surface area contributed by atoms with Gasteiger partial charge >= 0.3 is 12.2 Å². The van der Waals surface area contributed by atoms with Crippen molar-refractivity contribution < 1.29 is 33.0 Å². The van der Waals surface area contributed by atoms with E-state index in [1.807, 2.05) is 4.90 Å². The fourth-order valence-electron chi connectivity index (χ4n) is 4.42. The van der Waals surface area contributed by atoms with Crippen LogP contribution in [-0.2, 0) is 6.42 Å². The Morgan fingerprint density at radius 1 is 1.28 bits per heavy atom. The average molecular weight is 508 g/mol. The number of aromatic nitrogens is 2. The summed E-state index contributed by atoms with van der Waals surface area (Å²) in [5.74, 6) is -2.03. The highest BCUT2D eigenvalue weighted by Crippen LogP contribution is 2.39. The van der Waals surface area contributed by atoms with Crippen LogP contribution in [0, 0.1) is 5.92 Å². The fourth-order valence-corrected chi connectivity index (χ4v) is 4.42. The Balaban J connectivity index is 1.55.